The number of amides is 1. The third-order valence-electron chi connectivity index (χ3n) is 4.77. The predicted octanol–water partition coefficient (Wildman–Crippen LogP) is 3.52. The van der Waals surface area contributed by atoms with Crippen LogP contribution in [0.4, 0.5) is 5.82 Å². The van der Waals surface area contributed by atoms with Crippen LogP contribution in [-0.2, 0) is 11.8 Å². The molecule has 1 aromatic heterocycles. The lowest BCUT2D eigenvalue weighted by atomic mass is 9.84. The quantitative estimate of drug-likeness (QED) is 0.570. The predicted molar refractivity (Wildman–Crippen MR) is 105 cm³/mol. The molecule has 1 aliphatic rings. The molecule has 0 bridgehead atoms. The average molecular weight is 365 g/mol. The van der Waals surface area contributed by atoms with E-state index in [9.17, 15) is 9.59 Å². The molecule has 0 aliphatic carbocycles. The molecule has 4 rings (SSSR count). The molecule has 2 aromatic carbocycles. The SMILES string of the molecule is CCSc1nc(=O)c2c(n1C)NC(=O)CC2c1cccc2ccccc12. The molecule has 3 aromatic rings. The van der Waals surface area contributed by atoms with E-state index in [-0.39, 0.29) is 23.8 Å². The van der Waals surface area contributed by atoms with Crippen molar-refractivity contribution in [3.05, 3.63) is 63.9 Å². The van der Waals surface area contributed by atoms with Crippen LogP contribution in [0.2, 0.25) is 0 Å². The van der Waals surface area contributed by atoms with Gasteiger partial charge in [-0.05, 0) is 22.1 Å². The van der Waals surface area contributed by atoms with E-state index in [1.54, 1.807) is 0 Å². The Morgan fingerprint density at radius 3 is 2.77 bits per heavy atom. The molecular formula is C20H19N3O2S. The first-order valence-corrected chi connectivity index (χ1v) is 9.60. The molecule has 0 radical (unpaired) electrons. The molecule has 132 valence electrons. The zero-order valence-corrected chi connectivity index (χ0v) is 15.5. The van der Waals surface area contributed by atoms with E-state index in [0.29, 0.717) is 16.5 Å². The van der Waals surface area contributed by atoms with Crippen LogP contribution >= 0.6 is 11.8 Å². The lowest BCUT2D eigenvalue weighted by molar-refractivity contribution is -0.116. The van der Waals surface area contributed by atoms with E-state index in [2.05, 4.69) is 10.3 Å². The zero-order valence-electron chi connectivity index (χ0n) is 14.7. The Morgan fingerprint density at radius 2 is 1.96 bits per heavy atom. The van der Waals surface area contributed by atoms with Crippen molar-refractivity contribution in [3.63, 3.8) is 0 Å². The van der Waals surface area contributed by atoms with Gasteiger partial charge in [-0.3, -0.25) is 9.59 Å². The summed E-state index contributed by atoms with van der Waals surface area (Å²) < 4.78 is 1.82. The van der Waals surface area contributed by atoms with Gasteiger partial charge in [-0.1, -0.05) is 61.2 Å². The number of hydrogen-bond donors (Lipinski definition) is 1. The van der Waals surface area contributed by atoms with Gasteiger partial charge >= 0.3 is 0 Å². The number of rotatable bonds is 3. The van der Waals surface area contributed by atoms with E-state index < -0.39 is 0 Å². The number of nitrogens with one attached hydrogen (secondary N) is 1. The van der Waals surface area contributed by atoms with E-state index >= 15 is 0 Å². The number of fused-ring (bicyclic) bond motifs is 2. The van der Waals surface area contributed by atoms with Crippen LogP contribution in [-0.4, -0.2) is 21.2 Å². The Morgan fingerprint density at radius 1 is 1.19 bits per heavy atom. The van der Waals surface area contributed by atoms with E-state index in [0.717, 1.165) is 22.1 Å². The highest BCUT2D eigenvalue weighted by atomic mass is 32.2. The first kappa shape index (κ1) is 16.8. The fraction of sp³-hybridized carbons (Fsp3) is 0.250. The third-order valence-corrected chi connectivity index (χ3v) is 5.69. The summed E-state index contributed by atoms with van der Waals surface area (Å²) in [6.45, 7) is 2.01. The van der Waals surface area contributed by atoms with Crippen LogP contribution in [0.1, 0.15) is 30.4 Å². The monoisotopic (exact) mass is 365 g/mol. The Hall–Kier alpha value is -2.60. The first-order chi connectivity index (χ1) is 12.6. The highest BCUT2D eigenvalue weighted by Gasteiger charge is 2.32. The van der Waals surface area contributed by atoms with Crippen molar-refractivity contribution in [2.75, 3.05) is 11.1 Å². The van der Waals surface area contributed by atoms with Crippen molar-refractivity contribution in [2.24, 2.45) is 7.05 Å². The van der Waals surface area contributed by atoms with Crippen molar-refractivity contribution in [3.8, 4) is 0 Å². The van der Waals surface area contributed by atoms with E-state index in [4.69, 9.17) is 0 Å². The lowest BCUT2D eigenvalue weighted by Crippen LogP contribution is -2.33. The van der Waals surface area contributed by atoms with E-state index in [1.807, 2.05) is 61.0 Å². The molecule has 1 unspecified atom stereocenters. The van der Waals surface area contributed by atoms with Gasteiger partial charge in [-0.25, -0.2) is 0 Å². The Balaban J connectivity index is 1.97. The minimum atomic E-state index is -0.295. The molecule has 1 aliphatic heterocycles. The summed E-state index contributed by atoms with van der Waals surface area (Å²) in [5.74, 6) is 0.996. The lowest BCUT2D eigenvalue weighted by Gasteiger charge is -2.28. The molecule has 6 heteroatoms. The second kappa shape index (κ2) is 6.61. The summed E-state index contributed by atoms with van der Waals surface area (Å²) in [7, 11) is 1.84. The maximum absolute atomic E-state index is 12.8. The van der Waals surface area contributed by atoms with Crippen molar-refractivity contribution in [1.29, 1.82) is 0 Å². The van der Waals surface area contributed by atoms with Gasteiger partial charge < -0.3 is 9.88 Å². The number of anilines is 1. The minimum Gasteiger partial charge on any atom is -0.312 e. The second-order valence-electron chi connectivity index (χ2n) is 6.33. The molecule has 1 N–H and O–H groups in total. The maximum Gasteiger partial charge on any atom is 0.279 e. The van der Waals surface area contributed by atoms with Gasteiger partial charge in [0.25, 0.3) is 5.56 Å². The molecule has 1 atom stereocenters. The van der Waals surface area contributed by atoms with Gasteiger partial charge in [-0.2, -0.15) is 4.98 Å². The Bertz CT molecular complexity index is 1070. The van der Waals surface area contributed by atoms with Gasteiger partial charge in [0.1, 0.15) is 5.82 Å². The summed E-state index contributed by atoms with van der Waals surface area (Å²) in [6, 6.07) is 14.1. The third kappa shape index (κ3) is 2.70. The molecule has 1 amide bonds. The Labute approximate surface area is 155 Å². The zero-order chi connectivity index (χ0) is 18.3. The van der Waals surface area contributed by atoms with Crippen LogP contribution in [0.3, 0.4) is 0 Å². The van der Waals surface area contributed by atoms with Gasteiger partial charge in [-0.15, -0.1) is 0 Å². The average Bonchev–Trinajstić information content (AvgIpc) is 2.65. The van der Waals surface area contributed by atoms with Crippen LogP contribution in [0, 0.1) is 0 Å². The first-order valence-electron chi connectivity index (χ1n) is 8.61. The highest BCUT2D eigenvalue weighted by molar-refractivity contribution is 7.99. The van der Waals surface area contributed by atoms with Crippen LogP contribution < -0.4 is 10.9 Å². The number of carbonyl (C=O) groups is 1. The fourth-order valence-electron chi connectivity index (χ4n) is 3.61. The molecule has 0 saturated heterocycles. The summed E-state index contributed by atoms with van der Waals surface area (Å²) >= 11 is 1.49. The summed E-state index contributed by atoms with van der Waals surface area (Å²) in [5.41, 5.74) is 1.31. The van der Waals surface area contributed by atoms with Gasteiger partial charge in [0.05, 0.1) is 5.56 Å². The molecule has 0 saturated carbocycles. The molecular weight excluding hydrogens is 346 g/mol. The molecule has 26 heavy (non-hydrogen) atoms. The maximum atomic E-state index is 12.8. The Kier molecular flexibility index (Phi) is 4.28. The minimum absolute atomic E-state index is 0.0796. The second-order valence-corrected chi connectivity index (χ2v) is 7.56. The van der Waals surface area contributed by atoms with Crippen LogP contribution in [0.15, 0.2) is 52.4 Å². The fourth-order valence-corrected chi connectivity index (χ4v) is 4.30. The van der Waals surface area contributed by atoms with Crippen LogP contribution in [0.25, 0.3) is 10.8 Å². The van der Waals surface area contributed by atoms with Gasteiger partial charge in [0.2, 0.25) is 5.91 Å². The molecule has 5 nitrogen and oxygen atoms in total. The van der Waals surface area contributed by atoms with Gasteiger partial charge in [0.15, 0.2) is 5.16 Å². The molecule has 0 fully saturated rings. The summed E-state index contributed by atoms with van der Waals surface area (Å²) in [5, 5.41) is 5.67. The largest absolute Gasteiger partial charge is 0.312 e. The number of benzene rings is 2. The number of hydrogen-bond acceptors (Lipinski definition) is 4. The molecule has 2 heterocycles. The summed E-state index contributed by atoms with van der Waals surface area (Å²) in [6.07, 6.45) is 0.248. The van der Waals surface area contributed by atoms with E-state index in [1.165, 1.54) is 11.8 Å². The van der Waals surface area contributed by atoms with Crippen LogP contribution in [0.5, 0.6) is 0 Å². The smallest absolute Gasteiger partial charge is 0.279 e. The molecule has 0 spiro atoms. The van der Waals surface area contributed by atoms with Crippen molar-refractivity contribution in [1.82, 2.24) is 9.55 Å². The van der Waals surface area contributed by atoms with Crippen molar-refractivity contribution < 1.29 is 4.79 Å². The standard InChI is InChI=1S/C20H19N3O2S/c1-3-26-20-22-19(25)17-15(11-16(24)21-18(17)23(20)2)14-10-6-8-12-7-4-5-9-13(12)14/h4-10,15H,3,11H2,1-2H3,(H,21,24). The normalized spacial score (nSPS) is 16.4. The number of nitrogens with zero attached hydrogens (tertiary/aromatic N) is 2. The highest BCUT2D eigenvalue weighted by Crippen LogP contribution is 2.38. The number of thioether (sulfide) groups is 1. The van der Waals surface area contributed by atoms with Crippen molar-refractivity contribution >= 4 is 34.3 Å². The van der Waals surface area contributed by atoms with Crippen molar-refractivity contribution in [2.45, 2.75) is 24.4 Å². The van der Waals surface area contributed by atoms with Gasteiger partial charge in [0, 0.05) is 19.4 Å². The topological polar surface area (TPSA) is 64.0 Å². The number of aromatic nitrogens is 2. The number of carbonyl (C=O) groups excluding carboxylic acids is 1. The summed E-state index contributed by atoms with van der Waals surface area (Å²) in [4.78, 5) is 29.5.